The van der Waals surface area contributed by atoms with Crippen LogP contribution in [0.25, 0.3) is 0 Å². The van der Waals surface area contributed by atoms with E-state index in [1.807, 2.05) is 19.1 Å². The predicted molar refractivity (Wildman–Crippen MR) is 73.3 cm³/mol. The number of hydrogen-bond donors (Lipinski definition) is 2. The molecule has 0 fully saturated rings. The summed E-state index contributed by atoms with van der Waals surface area (Å²) in [5.74, 6) is 5.57. The quantitative estimate of drug-likeness (QED) is 0.784. The maximum atomic E-state index is 11.8. The number of rotatable bonds is 3. The molecule has 0 aromatic heterocycles. The van der Waals surface area contributed by atoms with Crippen molar-refractivity contribution in [3.63, 3.8) is 0 Å². The van der Waals surface area contributed by atoms with Crippen molar-refractivity contribution in [3.05, 3.63) is 29.3 Å². The van der Waals surface area contributed by atoms with Crippen LogP contribution in [0.3, 0.4) is 0 Å². The van der Waals surface area contributed by atoms with E-state index >= 15 is 0 Å². The predicted octanol–water partition coefficient (Wildman–Crippen LogP) is 0.524. The Morgan fingerprint density at radius 3 is 2.61 bits per heavy atom. The molecule has 0 aliphatic heterocycles. The highest BCUT2D eigenvalue weighted by Gasteiger charge is 2.14. The van der Waals surface area contributed by atoms with E-state index in [-0.39, 0.29) is 6.54 Å². The van der Waals surface area contributed by atoms with Crippen molar-refractivity contribution in [2.75, 3.05) is 25.4 Å². The zero-order chi connectivity index (χ0) is 13.8. The number of nitrogens with zero attached hydrogens (tertiary/aromatic N) is 1. The number of benzene rings is 1. The van der Waals surface area contributed by atoms with Gasteiger partial charge < -0.3 is 5.73 Å². The fourth-order valence-corrected chi connectivity index (χ4v) is 1.87. The first-order valence-electron chi connectivity index (χ1n) is 5.36. The molecule has 0 heterocycles. The molecule has 1 rings (SSSR count). The van der Waals surface area contributed by atoms with Crippen LogP contribution in [0.1, 0.15) is 11.1 Å². The first kappa shape index (κ1) is 14.5. The minimum atomic E-state index is -3.53. The molecule has 0 bridgehead atoms. The summed E-state index contributed by atoms with van der Waals surface area (Å²) < 4.78 is 27.1. The molecule has 0 aliphatic rings. The maximum Gasteiger partial charge on any atom is 0.301 e. The Kier molecular flexibility index (Phi) is 4.73. The second-order valence-corrected chi connectivity index (χ2v) is 5.83. The van der Waals surface area contributed by atoms with E-state index < -0.39 is 10.2 Å². The molecular formula is C12H17N3O2S. The largest absolute Gasteiger partial charge is 0.320 e. The van der Waals surface area contributed by atoms with Crippen molar-refractivity contribution < 1.29 is 8.42 Å². The molecule has 0 unspecified atom stereocenters. The van der Waals surface area contributed by atoms with Crippen molar-refractivity contribution >= 4 is 15.9 Å². The summed E-state index contributed by atoms with van der Waals surface area (Å²) in [5.41, 5.74) is 7.39. The third-order valence-corrected chi connectivity index (χ3v) is 3.66. The molecule has 3 N–H and O–H groups in total. The summed E-state index contributed by atoms with van der Waals surface area (Å²) in [7, 11) is -0.607. The van der Waals surface area contributed by atoms with Crippen molar-refractivity contribution in [2.24, 2.45) is 5.73 Å². The average Bonchev–Trinajstić information content (AvgIpc) is 2.29. The lowest BCUT2D eigenvalue weighted by molar-refractivity contribution is 0.527. The molecule has 0 radical (unpaired) electrons. The van der Waals surface area contributed by atoms with Crippen LogP contribution in [0.2, 0.25) is 0 Å². The summed E-state index contributed by atoms with van der Waals surface area (Å²) in [4.78, 5) is 0. The lowest BCUT2D eigenvalue weighted by Crippen LogP contribution is -2.29. The molecule has 0 atom stereocenters. The summed E-state index contributed by atoms with van der Waals surface area (Å²) in [6, 6.07) is 5.33. The molecule has 0 spiro atoms. The Morgan fingerprint density at radius 2 is 2.06 bits per heavy atom. The highest BCUT2D eigenvalue weighted by atomic mass is 32.2. The molecule has 0 aliphatic carbocycles. The lowest BCUT2D eigenvalue weighted by atomic mass is 10.1. The maximum absolute atomic E-state index is 11.8. The number of aryl methyl sites for hydroxylation is 1. The SMILES string of the molecule is Cc1ccc(NS(=O)(=O)N(C)C)c(C#CCN)c1. The number of anilines is 1. The third-order valence-electron chi connectivity index (χ3n) is 2.22. The van der Waals surface area contributed by atoms with Gasteiger partial charge in [0, 0.05) is 19.7 Å². The van der Waals surface area contributed by atoms with Crippen molar-refractivity contribution in [1.82, 2.24) is 4.31 Å². The standard InChI is InChI=1S/C12H17N3O2S/c1-10-6-7-12(11(9-10)5-4-8-13)14-18(16,17)15(2)3/h6-7,9,14H,8,13H2,1-3H3. The van der Waals surface area contributed by atoms with Crippen molar-refractivity contribution in [2.45, 2.75) is 6.92 Å². The van der Waals surface area contributed by atoms with Gasteiger partial charge in [-0.3, -0.25) is 4.72 Å². The first-order valence-corrected chi connectivity index (χ1v) is 6.80. The van der Waals surface area contributed by atoms with Gasteiger partial charge in [0.05, 0.1) is 12.2 Å². The van der Waals surface area contributed by atoms with Gasteiger partial charge in [-0.2, -0.15) is 12.7 Å². The second kappa shape index (κ2) is 5.87. The smallest absolute Gasteiger partial charge is 0.301 e. The van der Waals surface area contributed by atoms with Gasteiger partial charge in [-0.05, 0) is 24.6 Å². The molecule has 0 saturated heterocycles. The van der Waals surface area contributed by atoms with E-state index in [0.29, 0.717) is 11.3 Å². The Morgan fingerprint density at radius 1 is 1.39 bits per heavy atom. The zero-order valence-corrected chi connectivity index (χ0v) is 11.5. The number of nitrogens with one attached hydrogen (secondary N) is 1. The highest BCUT2D eigenvalue weighted by molar-refractivity contribution is 7.90. The van der Waals surface area contributed by atoms with Gasteiger partial charge in [0.2, 0.25) is 0 Å². The zero-order valence-electron chi connectivity index (χ0n) is 10.7. The van der Waals surface area contributed by atoms with E-state index in [0.717, 1.165) is 9.87 Å². The van der Waals surface area contributed by atoms with Crippen LogP contribution in [0, 0.1) is 18.8 Å². The summed E-state index contributed by atoms with van der Waals surface area (Å²) in [5, 5.41) is 0. The molecular weight excluding hydrogens is 250 g/mol. The van der Waals surface area contributed by atoms with E-state index in [1.54, 1.807) is 6.07 Å². The number of hydrogen-bond acceptors (Lipinski definition) is 3. The van der Waals surface area contributed by atoms with E-state index in [4.69, 9.17) is 5.73 Å². The van der Waals surface area contributed by atoms with Crippen LogP contribution in [0.4, 0.5) is 5.69 Å². The Labute approximate surface area is 108 Å². The van der Waals surface area contributed by atoms with Gasteiger partial charge in [-0.1, -0.05) is 17.9 Å². The molecule has 1 aromatic rings. The van der Waals surface area contributed by atoms with Gasteiger partial charge in [-0.15, -0.1) is 0 Å². The Balaban J connectivity index is 3.17. The first-order chi connectivity index (χ1) is 8.36. The van der Waals surface area contributed by atoms with Gasteiger partial charge in [0.25, 0.3) is 0 Å². The minimum absolute atomic E-state index is 0.230. The molecule has 98 valence electrons. The normalized spacial score (nSPS) is 10.9. The number of nitrogens with two attached hydrogens (primary N) is 1. The van der Waals surface area contributed by atoms with Crippen LogP contribution in [-0.2, 0) is 10.2 Å². The third kappa shape index (κ3) is 3.74. The topological polar surface area (TPSA) is 75.4 Å². The summed E-state index contributed by atoms with van der Waals surface area (Å²) in [6.45, 7) is 2.14. The molecule has 18 heavy (non-hydrogen) atoms. The van der Waals surface area contributed by atoms with Crippen LogP contribution < -0.4 is 10.5 Å². The summed E-state index contributed by atoms with van der Waals surface area (Å²) in [6.07, 6.45) is 0. The van der Waals surface area contributed by atoms with Crippen molar-refractivity contribution in [3.8, 4) is 11.8 Å². The van der Waals surface area contributed by atoms with Crippen LogP contribution in [0.15, 0.2) is 18.2 Å². The second-order valence-electron chi connectivity index (χ2n) is 3.94. The Hall–Kier alpha value is -1.55. The van der Waals surface area contributed by atoms with Crippen LogP contribution >= 0.6 is 0 Å². The molecule has 0 amide bonds. The van der Waals surface area contributed by atoms with Crippen LogP contribution in [-0.4, -0.2) is 33.4 Å². The fraction of sp³-hybridized carbons (Fsp3) is 0.333. The van der Waals surface area contributed by atoms with Gasteiger partial charge in [0.15, 0.2) is 0 Å². The van der Waals surface area contributed by atoms with Gasteiger partial charge in [0.1, 0.15) is 0 Å². The molecule has 0 saturated carbocycles. The average molecular weight is 267 g/mol. The highest BCUT2D eigenvalue weighted by Crippen LogP contribution is 2.18. The molecule has 5 nitrogen and oxygen atoms in total. The summed E-state index contributed by atoms with van der Waals surface area (Å²) >= 11 is 0. The van der Waals surface area contributed by atoms with Crippen molar-refractivity contribution in [1.29, 1.82) is 0 Å². The Bertz CT molecular complexity index is 583. The lowest BCUT2D eigenvalue weighted by Gasteiger charge is -2.14. The monoisotopic (exact) mass is 267 g/mol. The van der Waals surface area contributed by atoms with E-state index in [2.05, 4.69) is 16.6 Å². The fourth-order valence-electron chi connectivity index (χ4n) is 1.23. The molecule has 1 aromatic carbocycles. The van der Waals surface area contributed by atoms with E-state index in [9.17, 15) is 8.42 Å². The van der Waals surface area contributed by atoms with Crippen LogP contribution in [0.5, 0.6) is 0 Å². The van der Waals surface area contributed by atoms with Gasteiger partial charge >= 0.3 is 10.2 Å². The van der Waals surface area contributed by atoms with E-state index in [1.165, 1.54) is 14.1 Å². The van der Waals surface area contributed by atoms with Gasteiger partial charge in [-0.25, -0.2) is 0 Å². The molecule has 6 heteroatoms. The minimum Gasteiger partial charge on any atom is -0.320 e.